The maximum absolute atomic E-state index is 12.1. The maximum Gasteiger partial charge on any atom is 0.251 e. The molecule has 8 heteroatoms. The fraction of sp³-hybridized carbons (Fsp3) is 0.417. The van der Waals surface area contributed by atoms with E-state index in [0.717, 1.165) is 44.9 Å². The molecule has 2 aromatic carbocycles. The molecular weight excluding hydrogens is 517 g/mol. The van der Waals surface area contributed by atoms with Crippen LogP contribution in [-0.4, -0.2) is 55.7 Å². The number of phenols is 1. The van der Waals surface area contributed by atoms with Crippen LogP contribution in [0.15, 0.2) is 59.6 Å². The molecule has 32 heavy (non-hydrogen) atoms. The Balaban J connectivity index is 0.00000363. The van der Waals surface area contributed by atoms with Gasteiger partial charge in [0.1, 0.15) is 5.75 Å². The average Bonchev–Trinajstić information content (AvgIpc) is 2.80. The highest BCUT2D eigenvalue weighted by Gasteiger charge is 2.20. The van der Waals surface area contributed by atoms with E-state index < -0.39 is 0 Å². The van der Waals surface area contributed by atoms with Crippen LogP contribution in [0.2, 0.25) is 0 Å². The van der Waals surface area contributed by atoms with E-state index >= 15 is 0 Å². The van der Waals surface area contributed by atoms with Gasteiger partial charge in [0.2, 0.25) is 0 Å². The first-order valence-electron chi connectivity index (χ1n) is 11.1. The molecule has 3 rings (SSSR count). The summed E-state index contributed by atoms with van der Waals surface area (Å²) in [4.78, 5) is 19.2. The van der Waals surface area contributed by atoms with Crippen LogP contribution in [0.25, 0.3) is 0 Å². The molecule has 0 aliphatic carbocycles. The minimum atomic E-state index is -0.185. The first-order valence-corrected chi connectivity index (χ1v) is 11.1. The minimum absolute atomic E-state index is 0. The van der Waals surface area contributed by atoms with Gasteiger partial charge in [-0.05, 0) is 56.5 Å². The number of rotatable bonds is 8. The number of halogens is 1. The Kier molecular flexibility index (Phi) is 11.1. The molecule has 1 aliphatic heterocycles. The fourth-order valence-electron chi connectivity index (χ4n) is 3.66. The van der Waals surface area contributed by atoms with Crippen molar-refractivity contribution in [1.29, 1.82) is 0 Å². The molecule has 0 spiro atoms. The lowest BCUT2D eigenvalue weighted by Crippen LogP contribution is -2.48. The minimum Gasteiger partial charge on any atom is -0.508 e. The summed E-state index contributed by atoms with van der Waals surface area (Å²) in [5.41, 5.74) is 1.75. The summed E-state index contributed by atoms with van der Waals surface area (Å²) in [6, 6.07) is 17.3. The van der Waals surface area contributed by atoms with E-state index in [1.54, 1.807) is 18.2 Å². The Morgan fingerprint density at radius 1 is 1.09 bits per heavy atom. The van der Waals surface area contributed by atoms with Crippen LogP contribution in [0.5, 0.6) is 5.75 Å². The smallest absolute Gasteiger partial charge is 0.251 e. The van der Waals surface area contributed by atoms with Crippen LogP contribution in [0.3, 0.4) is 0 Å². The number of aliphatic imine (C=N–C) groups is 1. The second-order valence-corrected chi connectivity index (χ2v) is 7.66. The number of carbonyl (C=O) groups is 1. The van der Waals surface area contributed by atoms with E-state index in [4.69, 9.17) is 0 Å². The van der Waals surface area contributed by atoms with Crippen molar-refractivity contribution in [3.63, 3.8) is 0 Å². The largest absolute Gasteiger partial charge is 0.508 e. The van der Waals surface area contributed by atoms with Crippen LogP contribution >= 0.6 is 24.0 Å². The van der Waals surface area contributed by atoms with Crippen molar-refractivity contribution < 1.29 is 9.90 Å². The Labute approximate surface area is 207 Å². The van der Waals surface area contributed by atoms with E-state index in [1.807, 2.05) is 0 Å². The normalized spacial score (nSPS) is 14.4. The molecule has 0 saturated carbocycles. The molecule has 0 unspecified atom stereocenters. The molecule has 1 heterocycles. The van der Waals surface area contributed by atoms with Gasteiger partial charge in [0.15, 0.2) is 5.96 Å². The van der Waals surface area contributed by atoms with Gasteiger partial charge in [-0.25, -0.2) is 0 Å². The lowest BCUT2D eigenvalue weighted by atomic mass is 10.0. The van der Waals surface area contributed by atoms with Crippen LogP contribution < -0.4 is 20.9 Å². The lowest BCUT2D eigenvalue weighted by Gasteiger charge is -2.34. The fourth-order valence-corrected chi connectivity index (χ4v) is 3.66. The van der Waals surface area contributed by atoms with E-state index in [1.165, 1.54) is 11.8 Å². The Bertz CT molecular complexity index is 854. The predicted octanol–water partition coefficient (Wildman–Crippen LogP) is 3.35. The van der Waals surface area contributed by atoms with Crippen LogP contribution in [0.4, 0.5) is 5.69 Å². The Morgan fingerprint density at radius 3 is 2.53 bits per heavy atom. The molecule has 4 N–H and O–H groups in total. The number of amides is 1. The molecule has 174 valence electrons. The number of benzene rings is 2. The van der Waals surface area contributed by atoms with Crippen molar-refractivity contribution in [2.45, 2.75) is 32.2 Å². The summed E-state index contributed by atoms with van der Waals surface area (Å²) in [6.45, 7) is 6.09. The summed E-state index contributed by atoms with van der Waals surface area (Å²) in [6.07, 6.45) is 2.88. The number of carbonyl (C=O) groups excluding carboxylic acids is 1. The Hall–Kier alpha value is -2.49. The zero-order chi connectivity index (χ0) is 21.9. The van der Waals surface area contributed by atoms with E-state index in [0.29, 0.717) is 24.7 Å². The van der Waals surface area contributed by atoms with Crippen molar-refractivity contribution in [2.24, 2.45) is 4.99 Å². The molecule has 0 radical (unpaired) electrons. The molecule has 0 atom stereocenters. The predicted molar refractivity (Wildman–Crippen MR) is 141 cm³/mol. The SMILES string of the molecule is CCNC(=NCCCNC(=O)c1cccc(O)c1)NC1CCN(c2ccccc2)CC1.I. The van der Waals surface area contributed by atoms with Crippen molar-refractivity contribution in [3.8, 4) is 5.75 Å². The lowest BCUT2D eigenvalue weighted by molar-refractivity contribution is 0.0953. The number of nitrogens with zero attached hydrogens (tertiary/aromatic N) is 2. The van der Waals surface area contributed by atoms with Gasteiger partial charge in [-0.1, -0.05) is 24.3 Å². The molecule has 1 saturated heterocycles. The van der Waals surface area contributed by atoms with Crippen molar-refractivity contribution in [3.05, 3.63) is 60.2 Å². The number of anilines is 1. The first-order chi connectivity index (χ1) is 15.2. The van der Waals surface area contributed by atoms with Crippen molar-refractivity contribution in [1.82, 2.24) is 16.0 Å². The van der Waals surface area contributed by atoms with Crippen molar-refractivity contribution in [2.75, 3.05) is 37.6 Å². The molecule has 0 bridgehead atoms. The number of guanidine groups is 1. The number of nitrogens with one attached hydrogen (secondary N) is 3. The number of para-hydroxylation sites is 1. The van der Waals surface area contributed by atoms with Gasteiger partial charge in [-0.3, -0.25) is 9.79 Å². The zero-order valence-corrected chi connectivity index (χ0v) is 20.9. The van der Waals surface area contributed by atoms with Crippen LogP contribution in [-0.2, 0) is 0 Å². The third kappa shape index (κ3) is 8.22. The summed E-state index contributed by atoms with van der Waals surface area (Å²) in [5.74, 6) is 0.739. The zero-order valence-electron chi connectivity index (χ0n) is 18.6. The van der Waals surface area contributed by atoms with E-state index in [-0.39, 0.29) is 35.6 Å². The van der Waals surface area contributed by atoms with Gasteiger partial charge in [0, 0.05) is 50.0 Å². The quantitative estimate of drug-likeness (QED) is 0.175. The van der Waals surface area contributed by atoms with Crippen LogP contribution in [0.1, 0.15) is 36.5 Å². The molecule has 0 aromatic heterocycles. The second kappa shape index (κ2) is 13.8. The summed E-state index contributed by atoms with van der Waals surface area (Å²) >= 11 is 0. The number of aromatic hydroxyl groups is 1. The van der Waals surface area contributed by atoms with Gasteiger partial charge in [0.25, 0.3) is 5.91 Å². The van der Waals surface area contributed by atoms with E-state index in [9.17, 15) is 9.90 Å². The van der Waals surface area contributed by atoms with E-state index in [2.05, 4.69) is 63.1 Å². The second-order valence-electron chi connectivity index (χ2n) is 7.66. The number of hydrogen-bond donors (Lipinski definition) is 4. The van der Waals surface area contributed by atoms with Gasteiger partial charge in [-0.2, -0.15) is 0 Å². The summed E-state index contributed by atoms with van der Waals surface area (Å²) in [7, 11) is 0. The highest BCUT2D eigenvalue weighted by atomic mass is 127. The number of phenolic OH excluding ortho intramolecular Hbond substituents is 1. The van der Waals surface area contributed by atoms with Gasteiger partial charge < -0.3 is 26.0 Å². The molecule has 1 amide bonds. The highest BCUT2D eigenvalue weighted by molar-refractivity contribution is 14.0. The Morgan fingerprint density at radius 2 is 1.84 bits per heavy atom. The molecule has 7 nitrogen and oxygen atoms in total. The number of piperidine rings is 1. The molecule has 1 aliphatic rings. The average molecular weight is 551 g/mol. The summed E-state index contributed by atoms with van der Waals surface area (Å²) in [5, 5.41) is 19.2. The molecule has 2 aromatic rings. The van der Waals surface area contributed by atoms with Gasteiger partial charge >= 0.3 is 0 Å². The van der Waals surface area contributed by atoms with Gasteiger partial charge in [-0.15, -0.1) is 24.0 Å². The van der Waals surface area contributed by atoms with Gasteiger partial charge in [0.05, 0.1) is 0 Å². The standard InChI is InChI=1S/C24H33N5O2.HI/c1-2-25-24(27-15-7-14-26-23(31)19-8-6-11-22(30)18-19)28-20-12-16-29(17-13-20)21-9-4-3-5-10-21;/h3-6,8-11,18,20,30H,2,7,12-17H2,1H3,(H,26,31)(H2,25,27,28);1H. The molecular formula is C24H34IN5O2. The van der Waals surface area contributed by atoms with Crippen LogP contribution in [0, 0.1) is 0 Å². The maximum atomic E-state index is 12.1. The molecule has 1 fully saturated rings. The monoisotopic (exact) mass is 551 g/mol. The third-order valence-electron chi connectivity index (χ3n) is 5.30. The number of hydrogen-bond acceptors (Lipinski definition) is 4. The topological polar surface area (TPSA) is 89.0 Å². The summed E-state index contributed by atoms with van der Waals surface area (Å²) < 4.78 is 0. The first kappa shape index (κ1) is 25.8. The van der Waals surface area contributed by atoms with Crippen molar-refractivity contribution >= 4 is 41.5 Å². The highest BCUT2D eigenvalue weighted by Crippen LogP contribution is 2.19. The third-order valence-corrected chi connectivity index (χ3v) is 5.30.